The molecule has 0 unspecified atom stereocenters. The molecule has 0 saturated carbocycles. The Morgan fingerprint density at radius 2 is 1.28 bits per heavy atom. The molecule has 7 atom stereocenters. The second-order valence-corrected chi connectivity index (χ2v) is 14.4. The summed E-state index contributed by atoms with van der Waals surface area (Å²) in [5.41, 5.74) is 0.809. The summed E-state index contributed by atoms with van der Waals surface area (Å²) < 4.78 is 16.8. The second-order valence-electron chi connectivity index (χ2n) is 14.4. The van der Waals surface area contributed by atoms with E-state index < -0.39 is 12.2 Å². The van der Waals surface area contributed by atoms with Gasteiger partial charge in [0.05, 0.1) is 30.5 Å². The molecular weight excluding hydrogens is 596 g/mol. The van der Waals surface area contributed by atoms with Gasteiger partial charge < -0.3 is 29.5 Å². The highest BCUT2D eigenvalue weighted by Gasteiger charge is 2.35. The van der Waals surface area contributed by atoms with Crippen molar-refractivity contribution in [3.8, 4) is 0 Å². The minimum Gasteiger partial charge on any atom is -0.462 e. The lowest BCUT2D eigenvalue weighted by Crippen LogP contribution is -2.34. The third-order valence-corrected chi connectivity index (χ3v) is 9.92. The first kappa shape index (κ1) is 41.7. The number of esters is 2. The zero-order valence-corrected chi connectivity index (χ0v) is 30.2. The van der Waals surface area contributed by atoms with Crippen molar-refractivity contribution in [1.29, 1.82) is 0 Å². The van der Waals surface area contributed by atoms with Gasteiger partial charge in [0, 0.05) is 18.9 Å². The molecule has 8 heteroatoms. The van der Waals surface area contributed by atoms with Crippen LogP contribution >= 0.6 is 0 Å². The van der Waals surface area contributed by atoms with Crippen molar-refractivity contribution in [2.24, 2.45) is 0 Å². The van der Waals surface area contributed by atoms with Gasteiger partial charge in [-0.3, -0.25) is 4.79 Å². The Labute approximate surface area is 286 Å². The van der Waals surface area contributed by atoms with Gasteiger partial charge in [0.15, 0.2) is 0 Å². The summed E-state index contributed by atoms with van der Waals surface area (Å²) >= 11 is 0. The Hall–Kier alpha value is -1.48. The van der Waals surface area contributed by atoms with Crippen LogP contribution in [0.1, 0.15) is 181 Å². The number of carbonyl (C=O) groups is 2. The number of hydrogen-bond donors (Lipinski definition) is 3. The zero-order valence-electron chi connectivity index (χ0n) is 30.2. The van der Waals surface area contributed by atoms with Crippen LogP contribution in [0.2, 0.25) is 0 Å². The molecule has 2 aliphatic rings. The third-order valence-electron chi connectivity index (χ3n) is 9.92. The highest BCUT2D eigenvalue weighted by atomic mass is 16.6. The van der Waals surface area contributed by atoms with Crippen molar-refractivity contribution in [2.75, 3.05) is 0 Å². The van der Waals surface area contributed by atoms with E-state index in [2.05, 4.69) is 6.92 Å². The zero-order chi connectivity index (χ0) is 34.3. The number of hydrogen-bond acceptors (Lipinski definition) is 8. The molecule has 0 spiro atoms. The molecule has 274 valence electrons. The van der Waals surface area contributed by atoms with Crippen LogP contribution in [-0.4, -0.2) is 70.0 Å². The first-order valence-electron chi connectivity index (χ1n) is 19.5. The van der Waals surface area contributed by atoms with Gasteiger partial charge in [-0.1, -0.05) is 103 Å². The average molecular weight is 667 g/mol. The van der Waals surface area contributed by atoms with E-state index in [1.54, 1.807) is 0 Å². The minimum atomic E-state index is -0.744. The van der Waals surface area contributed by atoms with Crippen LogP contribution in [0.25, 0.3) is 0 Å². The van der Waals surface area contributed by atoms with Gasteiger partial charge in [-0.05, 0) is 70.8 Å². The molecule has 0 aromatic heterocycles. The molecule has 0 aliphatic carbocycles. The van der Waals surface area contributed by atoms with E-state index in [1.165, 1.54) is 58.3 Å². The molecule has 1 fully saturated rings. The predicted octanol–water partition coefficient (Wildman–Crippen LogP) is 8.41. The lowest BCUT2D eigenvalue weighted by atomic mass is 9.98. The van der Waals surface area contributed by atoms with Gasteiger partial charge in [-0.2, -0.15) is 0 Å². The van der Waals surface area contributed by atoms with E-state index in [4.69, 9.17) is 14.2 Å². The van der Waals surface area contributed by atoms with Crippen LogP contribution in [0, 0.1) is 0 Å². The Morgan fingerprint density at radius 3 is 1.85 bits per heavy atom. The lowest BCUT2D eigenvalue weighted by Gasteiger charge is -2.25. The van der Waals surface area contributed by atoms with Crippen LogP contribution in [-0.2, 0) is 23.8 Å². The van der Waals surface area contributed by atoms with E-state index in [0.29, 0.717) is 25.7 Å². The number of ether oxygens (including phenoxy) is 3. The predicted molar refractivity (Wildman–Crippen MR) is 187 cm³/mol. The van der Waals surface area contributed by atoms with Gasteiger partial charge in [-0.25, -0.2) is 4.79 Å². The quantitative estimate of drug-likeness (QED) is 0.0537. The molecular formula is C39H70O8. The molecule has 0 radical (unpaired) electrons. The highest BCUT2D eigenvalue weighted by Crippen LogP contribution is 2.29. The maximum Gasteiger partial charge on any atom is 0.334 e. The average Bonchev–Trinajstić information content (AvgIpc) is 3.65. The SMILES string of the molecule is CCCCCCCCCCCC[C@H](O)[C@H]1CC[C@@H]([C@H](O)C[C@H](CCCC[C@H](O)CCCCCCCC2=C[C@H](C)OC2=O)OC(C)=O)O1. The van der Waals surface area contributed by atoms with Crippen LogP contribution < -0.4 is 0 Å². The van der Waals surface area contributed by atoms with Crippen molar-refractivity contribution in [3.63, 3.8) is 0 Å². The van der Waals surface area contributed by atoms with Crippen LogP contribution in [0.15, 0.2) is 11.6 Å². The molecule has 3 N–H and O–H groups in total. The number of aliphatic hydroxyl groups excluding tert-OH is 3. The first-order valence-corrected chi connectivity index (χ1v) is 19.5. The van der Waals surface area contributed by atoms with Gasteiger partial charge >= 0.3 is 11.9 Å². The molecule has 1 saturated heterocycles. The molecule has 2 heterocycles. The Kier molecular flexibility index (Phi) is 22.6. The first-order chi connectivity index (χ1) is 22.7. The maximum atomic E-state index is 11.8. The summed E-state index contributed by atoms with van der Waals surface area (Å²) in [6.07, 6.45) is 24.3. The van der Waals surface area contributed by atoms with E-state index in [9.17, 15) is 24.9 Å². The van der Waals surface area contributed by atoms with Gasteiger partial charge in [0.1, 0.15) is 12.2 Å². The molecule has 47 heavy (non-hydrogen) atoms. The van der Waals surface area contributed by atoms with Crippen LogP contribution in [0.5, 0.6) is 0 Å². The minimum absolute atomic E-state index is 0.0951. The number of unbranched alkanes of at least 4 members (excludes halogenated alkanes) is 14. The van der Waals surface area contributed by atoms with Crippen LogP contribution in [0.3, 0.4) is 0 Å². The number of rotatable bonds is 29. The number of cyclic esters (lactones) is 1. The fourth-order valence-electron chi connectivity index (χ4n) is 7.10. The fraction of sp³-hybridized carbons (Fsp3) is 0.897. The monoisotopic (exact) mass is 667 g/mol. The van der Waals surface area contributed by atoms with Crippen LogP contribution in [0.4, 0.5) is 0 Å². The number of aliphatic hydroxyl groups is 3. The van der Waals surface area contributed by atoms with Gasteiger partial charge in [-0.15, -0.1) is 0 Å². The van der Waals surface area contributed by atoms with Gasteiger partial charge in [0.25, 0.3) is 0 Å². The Bertz CT molecular complexity index is 860. The molecule has 0 amide bonds. The van der Waals surface area contributed by atoms with E-state index in [1.807, 2.05) is 13.0 Å². The van der Waals surface area contributed by atoms with Crippen molar-refractivity contribution < 1.29 is 39.1 Å². The summed E-state index contributed by atoms with van der Waals surface area (Å²) in [6, 6.07) is 0. The molecule has 2 rings (SSSR count). The van der Waals surface area contributed by atoms with E-state index in [-0.39, 0.29) is 42.5 Å². The Morgan fingerprint density at radius 1 is 0.766 bits per heavy atom. The smallest absolute Gasteiger partial charge is 0.334 e. The molecule has 0 aromatic carbocycles. The largest absolute Gasteiger partial charge is 0.462 e. The summed E-state index contributed by atoms with van der Waals surface area (Å²) in [6.45, 7) is 5.53. The third kappa shape index (κ3) is 19.3. The topological polar surface area (TPSA) is 123 Å². The molecule has 8 nitrogen and oxygen atoms in total. The Balaban J connectivity index is 1.52. The van der Waals surface area contributed by atoms with Crippen molar-refractivity contribution >= 4 is 11.9 Å². The summed E-state index contributed by atoms with van der Waals surface area (Å²) in [5, 5.41) is 32.1. The molecule has 2 aliphatic heterocycles. The fourth-order valence-corrected chi connectivity index (χ4v) is 7.10. The van der Waals surface area contributed by atoms with Crippen molar-refractivity contribution in [3.05, 3.63) is 11.6 Å². The second kappa shape index (κ2) is 25.5. The van der Waals surface area contributed by atoms with E-state index >= 15 is 0 Å². The van der Waals surface area contributed by atoms with Crippen molar-refractivity contribution in [1.82, 2.24) is 0 Å². The van der Waals surface area contributed by atoms with E-state index in [0.717, 1.165) is 89.0 Å². The number of carbonyl (C=O) groups excluding carboxylic acids is 2. The molecule has 0 aromatic rings. The summed E-state index contributed by atoms with van der Waals surface area (Å²) in [4.78, 5) is 23.4. The summed E-state index contributed by atoms with van der Waals surface area (Å²) in [5.74, 6) is -0.522. The van der Waals surface area contributed by atoms with Crippen molar-refractivity contribution in [2.45, 2.75) is 224 Å². The van der Waals surface area contributed by atoms with Gasteiger partial charge in [0.2, 0.25) is 0 Å². The lowest BCUT2D eigenvalue weighted by molar-refractivity contribution is -0.150. The summed E-state index contributed by atoms with van der Waals surface area (Å²) in [7, 11) is 0. The standard InChI is InChI=1S/C39H70O8/c1-4-5-6-7-8-9-10-11-15-18-25-35(42)37-26-27-38(47-37)36(43)29-34(46-31(3)40)24-20-19-23-33(41)22-17-14-12-13-16-21-32-28-30(2)45-39(32)44/h28,30,33-38,41-43H,4-27,29H2,1-3H3/t30-,33+,34-,35-,36+,37+,38-/m0/s1. The normalized spacial score (nSPS) is 22.1. The highest BCUT2D eigenvalue weighted by molar-refractivity contribution is 5.90. The maximum absolute atomic E-state index is 11.8. The molecule has 0 bridgehead atoms.